The first-order chi connectivity index (χ1) is 12.4. The van der Waals surface area contributed by atoms with Crippen LogP contribution in [0.15, 0.2) is 24.3 Å². The fourth-order valence-electron chi connectivity index (χ4n) is 3.11. The van der Waals surface area contributed by atoms with Crippen LogP contribution in [-0.2, 0) is 14.8 Å². The molecule has 1 amide bonds. The summed E-state index contributed by atoms with van der Waals surface area (Å²) in [6.07, 6.45) is 2.27. The van der Waals surface area contributed by atoms with Crippen molar-refractivity contribution in [2.45, 2.75) is 52.0 Å². The Morgan fingerprint density at radius 1 is 1.27 bits per heavy atom. The molecule has 0 bridgehead atoms. The lowest BCUT2D eigenvalue weighted by molar-refractivity contribution is -0.124. The van der Waals surface area contributed by atoms with Gasteiger partial charge in [-0.2, -0.15) is 0 Å². The summed E-state index contributed by atoms with van der Waals surface area (Å²) in [7, 11) is -3.14. The Morgan fingerprint density at radius 3 is 2.54 bits per heavy atom. The predicted octanol–water partition coefficient (Wildman–Crippen LogP) is 2.51. The Hall–Kier alpha value is -1.60. The minimum atomic E-state index is -3.14. The number of para-hydroxylation sites is 1. The summed E-state index contributed by atoms with van der Waals surface area (Å²) in [6, 6.07) is 7.81. The molecule has 0 spiro atoms. The Kier molecular flexibility index (Phi) is 7.46. The molecular formula is C19H30N2O4S. The van der Waals surface area contributed by atoms with Gasteiger partial charge in [-0.3, -0.25) is 4.79 Å². The maximum Gasteiger partial charge on any atom is 0.258 e. The number of nitrogens with one attached hydrogen (secondary N) is 1. The highest BCUT2D eigenvalue weighted by Crippen LogP contribution is 2.28. The molecule has 6 nitrogen and oxygen atoms in total. The molecule has 0 aliphatic carbocycles. The highest BCUT2D eigenvalue weighted by molar-refractivity contribution is 7.89. The first kappa shape index (κ1) is 20.7. The largest absolute Gasteiger partial charge is 0.483 e. The Morgan fingerprint density at radius 2 is 1.92 bits per heavy atom. The van der Waals surface area contributed by atoms with Gasteiger partial charge in [0.1, 0.15) is 5.75 Å². The van der Waals surface area contributed by atoms with Crippen LogP contribution in [-0.4, -0.2) is 50.1 Å². The molecule has 1 aliphatic rings. The number of piperidine rings is 1. The number of amides is 1. The van der Waals surface area contributed by atoms with Crippen molar-refractivity contribution in [3.8, 4) is 5.75 Å². The van der Waals surface area contributed by atoms with Crippen molar-refractivity contribution in [1.29, 1.82) is 0 Å². The van der Waals surface area contributed by atoms with E-state index in [1.165, 1.54) is 4.31 Å². The monoisotopic (exact) mass is 382 g/mol. The molecule has 0 unspecified atom stereocenters. The van der Waals surface area contributed by atoms with Crippen LogP contribution in [0.5, 0.6) is 5.75 Å². The highest BCUT2D eigenvalue weighted by atomic mass is 32.2. The van der Waals surface area contributed by atoms with Crippen LogP contribution in [0.4, 0.5) is 0 Å². The lowest BCUT2D eigenvalue weighted by Crippen LogP contribution is -2.47. The standard InChI is InChI=1S/C19H30N2O4S/c1-4-15(3)17-8-6-7-9-18(17)25-14-19(22)20-16-10-12-21(13-11-16)26(23,24)5-2/h6-9,15-16H,4-5,10-14H2,1-3H3,(H,20,22)/t15-/m0/s1. The maximum atomic E-state index is 12.2. The van der Waals surface area contributed by atoms with Gasteiger partial charge in [0, 0.05) is 19.1 Å². The van der Waals surface area contributed by atoms with Crippen molar-refractivity contribution in [3.63, 3.8) is 0 Å². The number of rotatable bonds is 8. The number of nitrogens with zero attached hydrogens (tertiary/aromatic N) is 1. The number of carbonyl (C=O) groups is 1. The molecule has 1 heterocycles. The van der Waals surface area contributed by atoms with Crippen LogP contribution in [0.1, 0.15) is 51.5 Å². The smallest absolute Gasteiger partial charge is 0.258 e. The fraction of sp³-hybridized carbons (Fsp3) is 0.632. The van der Waals surface area contributed by atoms with Gasteiger partial charge >= 0.3 is 0 Å². The summed E-state index contributed by atoms with van der Waals surface area (Å²) in [5.74, 6) is 1.08. The average molecular weight is 383 g/mol. The molecule has 0 aromatic heterocycles. The molecular weight excluding hydrogens is 352 g/mol. The topological polar surface area (TPSA) is 75.7 Å². The third kappa shape index (κ3) is 5.45. The van der Waals surface area contributed by atoms with Gasteiger partial charge in [0.2, 0.25) is 10.0 Å². The summed E-state index contributed by atoms with van der Waals surface area (Å²) >= 11 is 0. The summed E-state index contributed by atoms with van der Waals surface area (Å²) < 4.78 is 31.0. The second-order valence-corrected chi connectivity index (χ2v) is 9.03. The van der Waals surface area contributed by atoms with Crippen LogP contribution in [0, 0.1) is 0 Å². The van der Waals surface area contributed by atoms with E-state index in [4.69, 9.17) is 4.74 Å². The zero-order valence-electron chi connectivity index (χ0n) is 15.9. The van der Waals surface area contributed by atoms with Crippen molar-refractivity contribution >= 4 is 15.9 Å². The van der Waals surface area contributed by atoms with E-state index in [0.29, 0.717) is 31.8 Å². The molecule has 1 aromatic rings. The number of hydrogen-bond acceptors (Lipinski definition) is 4. The number of ether oxygens (including phenoxy) is 1. The van der Waals surface area contributed by atoms with Gasteiger partial charge in [0.05, 0.1) is 5.75 Å². The molecule has 1 aromatic carbocycles. The van der Waals surface area contributed by atoms with E-state index >= 15 is 0 Å². The SMILES string of the molecule is CC[C@H](C)c1ccccc1OCC(=O)NC1CCN(S(=O)(=O)CC)CC1. The van der Waals surface area contributed by atoms with Crippen molar-refractivity contribution in [1.82, 2.24) is 9.62 Å². The molecule has 26 heavy (non-hydrogen) atoms. The van der Waals surface area contributed by atoms with Gasteiger partial charge in [0.25, 0.3) is 5.91 Å². The molecule has 1 atom stereocenters. The quantitative estimate of drug-likeness (QED) is 0.750. The van der Waals surface area contributed by atoms with E-state index in [2.05, 4.69) is 19.2 Å². The number of carbonyl (C=O) groups excluding carboxylic acids is 1. The van der Waals surface area contributed by atoms with E-state index in [0.717, 1.165) is 17.7 Å². The van der Waals surface area contributed by atoms with Crippen LogP contribution in [0.2, 0.25) is 0 Å². The second kappa shape index (κ2) is 9.37. The number of benzene rings is 1. The predicted molar refractivity (Wildman–Crippen MR) is 103 cm³/mol. The van der Waals surface area contributed by atoms with Gasteiger partial charge in [-0.05, 0) is 43.7 Å². The molecule has 146 valence electrons. The van der Waals surface area contributed by atoms with E-state index < -0.39 is 10.0 Å². The molecule has 1 aliphatic heterocycles. The lowest BCUT2D eigenvalue weighted by atomic mass is 9.98. The lowest BCUT2D eigenvalue weighted by Gasteiger charge is -2.31. The zero-order valence-corrected chi connectivity index (χ0v) is 16.7. The van der Waals surface area contributed by atoms with Gasteiger partial charge in [0.15, 0.2) is 6.61 Å². The van der Waals surface area contributed by atoms with Crippen molar-refractivity contribution in [3.05, 3.63) is 29.8 Å². The maximum absolute atomic E-state index is 12.2. The molecule has 0 saturated carbocycles. The molecule has 1 fully saturated rings. The minimum absolute atomic E-state index is 0.000727. The Balaban J connectivity index is 1.82. The molecule has 2 rings (SSSR count). The first-order valence-corrected chi connectivity index (χ1v) is 11.0. The van der Waals surface area contributed by atoms with Crippen LogP contribution in [0.3, 0.4) is 0 Å². The van der Waals surface area contributed by atoms with Crippen molar-refractivity contribution in [2.75, 3.05) is 25.4 Å². The summed E-state index contributed by atoms with van der Waals surface area (Å²) in [4.78, 5) is 12.2. The van der Waals surface area contributed by atoms with Gasteiger partial charge in [-0.15, -0.1) is 0 Å². The van der Waals surface area contributed by atoms with Crippen LogP contribution < -0.4 is 10.1 Å². The van der Waals surface area contributed by atoms with E-state index in [1.54, 1.807) is 6.92 Å². The fourth-order valence-corrected chi connectivity index (χ4v) is 4.24. The summed E-state index contributed by atoms with van der Waals surface area (Å²) in [5, 5.41) is 2.96. The third-order valence-corrected chi connectivity index (χ3v) is 6.88. The van der Waals surface area contributed by atoms with E-state index in [9.17, 15) is 13.2 Å². The number of hydrogen-bond donors (Lipinski definition) is 1. The van der Waals surface area contributed by atoms with Gasteiger partial charge in [-0.25, -0.2) is 12.7 Å². The summed E-state index contributed by atoms with van der Waals surface area (Å²) in [6.45, 7) is 6.80. The minimum Gasteiger partial charge on any atom is -0.483 e. The molecule has 1 N–H and O–H groups in total. The van der Waals surface area contributed by atoms with Crippen LogP contribution >= 0.6 is 0 Å². The Labute approximate surface area is 157 Å². The van der Waals surface area contributed by atoms with Gasteiger partial charge in [-0.1, -0.05) is 32.0 Å². The number of sulfonamides is 1. The van der Waals surface area contributed by atoms with Crippen molar-refractivity contribution in [2.24, 2.45) is 0 Å². The third-order valence-electron chi connectivity index (χ3n) is 5.00. The zero-order chi connectivity index (χ0) is 19.2. The van der Waals surface area contributed by atoms with E-state index in [-0.39, 0.29) is 24.3 Å². The van der Waals surface area contributed by atoms with Crippen LogP contribution in [0.25, 0.3) is 0 Å². The summed E-state index contributed by atoms with van der Waals surface area (Å²) in [5.41, 5.74) is 1.11. The molecule has 0 radical (unpaired) electrons. The molecule has 7 heteroatoms. The van der Waals surface area contributed by atoms with E-state index in [1.807, 2.05) is 24.3 Å². The van der Waals surface area contributed by atoms with Gasteiger partial charge < -0.3 is 10.1 Å². The Bertz CT molecular complexity index is 697. The van der Waals surface area contributed by atoms with Crippen molar-refractivity contribution < 1.29 is 17.9 Å². The molecule has 1 saturated heterocycles. The highest BCUT2D eigenvalue weighted by Gasteiger charge is 2.27. The average Bonchev–Trinajstić information content (AvgIpc) is 2.66. The second-order valence-electron chi connectivity index (χ2n) is 6.78. The normalized spacial score (nSPS) is 17.7. The first-order valence-electron chi connectivity index (χ1n) is 9.36.